The lowest BCUT2D eigenvalue weighted by molar-refractivity contribution is -0.116. The molecule has 1 N–H and O–H groups in total. The van der Waals surface area contributed by atoms with Crippen LogP contribution in [0.3, 0.4) is 0 Å². The highest BCUT2D eigenvalue weighted by atomic mass is 79.9. The Kier molecular flexibility index (Phi) is 2.12. The second-order valence-electron chi connectivity index (χ2n) is 3.38. The lowest BCUT2D eigenvalue weighted by Gasteiger charge is -2.22. The molecule has 3 heteroatoms. The van der Waals surface area contributed by atoms with Crippen LogP contribution < -0.4 is 5.32 Å². The van der Waals surface area contributed by atoms with Crippen LogP contribution in [0.2, 0.25) is 0 Å². The van der Waals surface area contributed by atoms with Crippen LogP contribution in [-0.4, -0.2) is 5.91 Å². The summed E-state index contributed by atoms with van der Waals surface area (Å²) >= 11 is 3.42. The SMILES string of the molecule is CC1CC(=O)Nc2ccc(Br)cc21. The maximum atomic E-state index is 11.2. The summed E-state index contributed by atoms with van der Waals surface area (Å²) in [6, 6.07) is 5.95. The number of anilines is 1. The molecule has 1 atom stereocenters. The quantitative estimate of drug-likeness (QED) is 0.742. The van der Waals surface area contributed by atoms with Gasteiger partial charge in [-0.2, -0.15) is 0 Å². The Labute approximate surface area is 85.5 Å². The fourth-order valence-electron chi connectivity index (χ4n) is 1.64. The number of amides is 1. The first kappa shape index (κ1) is 8.75. The summed E-state index contributed by atoms with van der Waals surface area (Å²) < 4.78 is 1.06. The molecule has 0 saturated carbocycles. The number of hydrogen-bond donors (Lipinski definition) is 1. The second-order valence-corrected chi connectivity index (χ2v) is 4.30. The van der Waals surface area contributed by atoms with E-state index in [1.807, 2.05) is 12.1 Å². The number of halogens is 1. The molecule has 1 amide bonds. The van der Waals surface area contributed by atoms with Gasteiger partial charge in [-0.15, -0.1) is 0 Å². The molecule has 0 radical (unpaired) electrons. The topological polar surface area (TPSA) is 29.1 Å². The van der Waals surface area contributed by atoms with E-state index in [2.05, 4.69) is 34.2 Å². The van der Waals surface area contributed by atoms with E-state index < -0.39 is 0 Å². The summed E-state index contributed by atoms with van der Waals surface area (Å²) in [4.78, 5) is 11.2. The number of rotatable bonds is 0. The third-order valence-electron chi connectivity index (χ3n) is 2.31. The van der Waals surface area contributed by atoms with E-state index in [4.69, 9.17) is 0 Å². The lowest BCUT2D eigenvalue weighted by Crippen LogP contribution is -2.21. The van der Waals surface area contributed by atoms with Gasteiger partial charge in [-0.05, 0) is 29.7 Å². The number of benzene rings is 1. The van der Waals surface area contributed by atoms with Crippen LogP contribution in [0.15, 0.2) is 22.7 Å². The fourth-order valence-corrected chi connectivity index (χ4v) is 2.02. The molecule has 68 valence electrons. The van der Waals surface area contributed by atoms with Crippen molar-refractivity contribution in [1.82, 2.24) is 0 Å². The van der Waals surface area contributed by atoms with Crippen LogP contribution in [0.4, 0.5) is 5.69 Å². The molecule has 13 heavy (non-hydrogen) atoms. The molecule has 0 saturated heterocycles. The third kappa shape index (κ3) is 1.61. The maximum absolute atomic E-state index is 11.2. The standard InChI is InChI=1S/C10H10BrNO/c1-6-4-10(13)12-9-3-2-7(11)5-8(6)9/h2-3,5-6H,4H2,1H3,(H,12,13). The average molecular weight is 240 g/mol. The van der Waals surface area contributed by atoms with Gasteiger partial charge in [0.1, 0.15) is 0 Å². The third-order valence-corrected chi connectivity index (χ3v) is 2.80. The van der Waals surface area contributed by atoms with Gasteiger partial charge in [-0.1, -0.05) is 22.9 Å². The zero-order valence-corrected chi connectivity index (χ0v) is 8.89. The molecule has 1 aromatic carbocycles. The molecule has 0 bridgehead atoms. The molecule has 1 heterocycles. The minimum absolute atomic E-state index is 0.113. The summed E-state index contributed by atoms with van der Waals surface area (Å²) in [5.74, 6) is 0.434. The van der Waals surface area contributed by atoms with Crippen molar-refractivity contribution in [2.75, 3.05) is 5.32 Å². The largest absolute Gasteiger partial charge is 0.326 e. The number of hydrogen-bond acceptors (Lipinski definition) is 1. The van der Waals surface area contributed by atoms with Crippen molar-refractivity contribution in [3.8, 4) is 0 Å². The van der Waals surface area contributed by atoms with Crippen molar-refractivity contribution in [3.63, 3.8) is 0 Å². The minimum atomic E-state index is 0.113. The first-order chi connectivity index (χ1) is 6.16. The van der Waals surface area contributed by atoms with Crippen molar-refractivity contribution in [2.24, 2.45) is 0 Å². The van der Waals surface area contributed by atoms with E-state index in [1.54, 1.807) is 0 Å². The van der Waals surface area contributed by atoms with Crippen LogP contribution in [0.5, 0.6) is 0 Å². The van der Waals surface area contributed by atoms with Gasteiger partial charge in [0.05, 0.1) is 0 Å². The van der Waals surface area contributed by atoms with E-state index >= 15 is 0 Å². The first-order valence-corrected chi connectivity index (χ1v) is 5.05. The van der Waals surface area contributed by atoms with E-state index in [1.165, 1.54) is 5.56 Å². The predicted molar refractivity (Wildman–Crippen MR) is 55.8 cm³/mol. The van der Waals surface area contributed by atoms with Crippen LogP contribution in [0.1, 0.15) is 24.8 Å². The van der Waals surface area contributed by atoms with E-state index in [9.17, 15) is 4.79 Å². The Balaban J connectivity index is 2.49. The van der Waals surface area contributed by atoms with Crippen LogP contribution in [-0.2, 0) is 4.79 Å². The Hall–Kier alpha value is -0.830. The smallest absolute Gasteiger partial charge is 0.224 e. The number of nitrogens with one attached hydrogen (secondary N) is 1. The van der Waals surface area contributed by atoms with Crippen molar-refractivity contribution in [2.45, 2.75) is 19.3 Å². The highest BCUT2D eigenvalue weighted by molar-refractivity contribution is 9.10. The molecule has 0 aromatic heterocycles. The van der Waals surface area contributed by atoms with E-state index in [0.29, 0.717) is 12.3 Å². The summed E-state index contributed by atoms with van der Waals surface area (Å²) in [5, 5.41) is 2.86. The van der Waals surface area contributed by atoms with Gasteiger partial charge >= 0.3 is 0 Å². The molecular formula is C10H10BrNO. The Morgan fingerprint density at radius 3 is 3.08 bits per heavy atom. The summed E-state index contributed by atoms with van der Waals surface area (Å²) in [6.07, 6.45) is 0.587. The molecule has 2 rings (SSSR count). The highest BCUT2D eigenvalue weighted by Crippen LogP contribution is 2.33. The van der Waals surface area contributed by atoms with Gasteiger partial charge in [-0.3, -0.25) is 4.79 Å². The van der Waals surface area contributed by atoms with E-state index in [-0.39, 0.29) is 5.91 Å². The van der Waals surface area contributed by atoms with Crippen LogP contribution in [0, 0.1) is 0 Å². The maximum Gasteiger partial charge on any atom is 0.224 e. The van der Waals surface area contributed by atoms with Crippen LogP contribution in [0.25, 0.3) is 0 Å². The zero-order valence-electron chi connectivity index (χ0n) is 7.30. The number of carbonyl (C=O) groups excluding carboxylic acids is 1. The Morgan fingerprint density at radius 1 is 1.54 bits per heavy atom. The minimum Gasteiger partial charge on any atom is -0.326 e. The zero-order chi connectivity index (χ0) is 9.42. The molecule has 1 aliphatic heterocycles. The normalized spacial score (nSPS) is 20.8. The summed E-state index contributed by atoms with van der Waals surface area (Å²) in [7, 11) is 0. The van der Waals surface area contributed by atoms with E-state index in [0.717, 1.165) is 10.2 Å². The predicted octanol–water partition coefficient (Wildman–Crippen LogP) is 2.89. The molecular weight excluding hydrogens is 230 g/mol. The average Bonchev–Trinajstić information content (AvgIpc) is 2.06. The van der Waals surface area contributed by atoms with Gasteiger partial charge < -0.3 is 5.32 Å². The second kappa shape index (κ2) is 3.14. The van der Waals surface area contributed by atoms with Crippen molar-refractivity contribution < 1.29 is 4.79 Å². The highest BCUT2D eigenvalue weighted by Gasteiger charge is 2.21. The van der Waals surface area contributed by atoms with Gasteiger partial charge in [0, 0.05) is 16.6 Å². The van der Waals surface area contributed by atoms with Gasteiger partial charge in [0.15, 0.2) is 0 Å². The Morgan fingerprint density at radius 2 is 2.31 bits per heavy atom. The molecule has 0 spiro atoms. The lowest BCUT2D eigenvalue weighted by atomic mass is 9.92. The van der Waals surface area contributed by atoms with Gasteiger partial charge in [-0.25, -0.2) is 0 Å². The fraction of sp³-hybridized carbons (Fsp3) is 0.300. The van der Waals surface area contributed by atoms with Crippen molar-refractivity contribution >= 4 is 27.5 Å². The van der Waals surface area contributed by atoms with Gasteiger partial charge in [0.2, 0.25) is 5.91 Å². The van der Waals surface area contributed by atoms with Crippen LogP contribution >= 0.6 is 15.9 Å². The monoisotopic (exact) mass is 239 g/mol. The molecule has 0 fully saturated rings. The van der Waals surface area contributed by atoms with Crippen molar-refractivity contribution in [1.29, 1.82) is 0 Å². The Bertz CT molecular complexity index is 362. The number of carbonyl (C=O) groups is 1. The number of fused-ring (bicyclic) bond motifs is 1. The molecule has 1 aliphatic rings. The molecule has 0 aliphatic carbocycles. The first-order valence-electron chi connectivity index (χ1n) is 4.26. The molecule has 1 aromatic rings. The molecule has 1 unspecified atom stereocenters. The summed E-state index contributed by atoms with van der Waals surface area (Å²) in [5.41, 5.74) is 2.17. The van der Waals surface area contributed by atoms with Crippen molar-refractivity contribution in [3.05, 3.63) is 28.2 Å². The summed E-state index contributed by atoms with van der Waals surface area (Å²) in [6.45, 7) is 2.07. The molecule has 2 nitrogen and oxygen atoms in total. The van der Waals surface area contributed by atoms with Gasteiger partial charge in [0.25, 0.3) is 0 Å².